The van der Waals surface area contributed by atoms with E-state index in [1.165, 1.54) is 27.8 Å². The molecule has 1 aromatic rings. The number of allylic oxidation sites excluding steroid dienone is 4. The van der Waals surface area contributed by atoms with Gasteiger partial charge in [-0.3, -0.25) is 0 Å². The summed E-state index contributed by atoms with van der Waals surface area (Å²) in [5.41, 5.74) is 7.21. The third-order valence-corrected chi connectivity index (χ3v) is 4.59. The third kappa shape index (κ3) is 3.35. The molecular weight excluding hydrogens is 266 g/mol. The third-order valence-electron chi connectivity index (χ3n) is 4.59. The van der Waals surface area contributed by atoms with Crippen LogP contribution in [-0.4, -0.2) is 5.54 Å². The first-order chi connectivity index (χ1) is 10.0. The number of hydrogen-bond acceptors (Lipinski definition) is 1. The van der Waals surface area contributed by atoms with E-state index in [1.54, 1.807) is 0 Å². The molecule has 0 saturated heterocycles. The minimum Gasteiger partial charge on any atom is -0.303 e. The molecule has 1 unspecified atom stereocenters. The van der Waals surface area contributed by atoms with Crippen molar-refractivity contribution in [2.45, 2.75) is 72.4 Å². The summed E-state index contributed by atoms with van der Waals surface area (Å²) in [6.07, 6.45) is 2.33. The van der Waals surface area contributed by atoms with Crippen molar-refractivity contribution in [1.82, 2.24) is 5.32 Å². The van der Waals surface area contributed by atoms with Gasteiger partial charge in [-0.05, 0) is 66.5 Å². The molecular formula is C21H31N. The van der Waals surface area contributed by atoms with Crippen molar-refractivity contribution in [1.29, 1.82) is 0 Å². The summed E-state index contributed by atoms with van der Waals surface area (Å²) in [7, 11) is 0. The normalized spacial score (nSPS) is 19.6. The minimum atomic E-state index is -0.0636. The van der Waals surface area contributed by atoms with Crippen LogP contribution < -0.4 is 5.32 Å². The molecule has 1 atom stereocenters. The maximum Gasteiger partial charge on any atom is 0.0384 e. The number of rotatable bonds is 3. The van der Waals surface area contributed by atoms with E-state index >= 15 is 0 Å². The monoisotopic (exact) mass is 297 g/mol. The van der Waals surface area contributed by atoms with Crippen LogP contribution in [0.4, 0.5) is 0 Å². The van der Waals surface area contributed by atoms with Crippen molar-refractivity contribution in [2.24, 2.45) is 0 Å². The summed E-state index contributed by atoms with van der Waals surface area (Å²) in [6, 6.07) is 8.90. The Morgan fingerprint density at radius 1 is 0.909 bits per heavy atom. The Kier molecular flexibility index (Phi) is 4.41. The van der Waals surface area contributed by atoms with Crippen molar-refractivity contribution in [3.05, 3.63) is 58.2 Å². The van der Waals surface area contributed by atoms with Gasteiger partial charge in [0.2, 0.25) is 0 Å². The van der Waals surface area contributed by atoms with Gasteiger partial charge >= 0.3 is 0 Å². The van der Waals surface area contributed by atoms with Crippen LogP contribution in [0.3, 0.4) is 0 Å². The average molecular weight is 297 g/mol. The first kappa shape index (κ1) is 17.0. The van der Waals surface area contributed by atoms with Crippen LogP contribution in [-0.2, 0) is 5.54 Å². The summed E-state index contributed by atoms with van der Waals surface area (Å²) >= 11 is 0. The molecule has 0 aliphatic heterocycles. The van der Waals surface area contributed by atoms with Crippen molar-refractivity contribution < 1.29 is 0 Å². The molecule has 1 N–H and O–H groups in total. The van der Waals surface area contributed by atoms with Crippen molar-refractivity contribution in [2.75, 3.05) is 0 Å². The molecule has 0 amide bonds. The summed E-state index contributed by atoms with van der Waals surface area (Å²) in [5, 5.41) is 3.78. The van der Waals surface area contributed by atoms with Crippen molar-refractivity contribution in [3.8, 4) is 0 Å². The van der Waals surface area contributed by atoms with Gasteiger partial charge in [-0.1, -0.05) is 47.1 Å². The maximum absolute atomic E-state index is 3.78. The van der Waals surface area contributed by atoms with Gasteiger partial charge in [-0.2, -0.15) is 0 Å². The van der Waals surface area contributed by atoms with E-state index in [-0.39, 0.29) is 11.1 Å². The SMILES string of the molecule is CC1=CC(C)=C(C)C1c1ccccc1C(C)(C)NC(C)(C)C. The van der Waals surface area contributed by atoms with E-state index in [9.17, 15) is 0 Å². The minimum absolute atomic E-state index is 0.0636. The predicted octanol–water partition coefficient (Wildman–Crippen LogP) is 5.69. The van der Waals surface area contributed by atoms with Crippen LogP contribution in [0.25, 0.3) is 0 Å². The van der Waals surface area contributed by atoms with Gasteiger partial charge in [-0.15, -0.1) is 0 Å². The van der Waals surface area contributed by atoms with Crippen molar-refractivity contribution >= 4 is 0 Å². The lowest BCUT2D eigenvalue weighted by atomic mass is 9.79. The molecule has 0 aromatic heterocycles. The molecule has 0 heterocycles. The highest BCUT2D eigenvalue weighted by Crippen LogP contribution is 2.42. The Hall–Kier alpha value is -1.34. The second-order valence-electron chi connectivity index (χ2n) is 8.27. The van der Waals surface area contributed by atoms with Gasteiger partial charge in [0.15, 0.2) is 0 Å². The molecule has 0 bridgehead atoms. The Morgan fingerprint density at radius 3 is 2.00 bits per heavy atom. The van der Waals surface area contributed by atoms with Gasteiger partial charge in [0.1, 0.15) is 0 Å². The molecule has 0 fully saturated rings. The summed E-state index contributed by atoms with van der Waals surface area (Å²) < 4.78 is 0. The molecule has 2 rings (SSSR count). The fourth-order valence-corrected chi connectivity index (χ4v) is 3.91. The van der Waals surface area contributed by atoms with Crippen LogP contribution in [0.2, 0.25) is 0 Å². The zero-order chi connectivity index (χ0) is 16.7. The zero-order valence-corrected chi connectivity index (χ0v) is 15.5. The van der Waals surface area contributed by atoms with Crippen LogP contribution >= 0.6 is 0 Å². The van der Waals surface area contributed by atoms with Gasteiger partial charge in [-0.25, -0.2) is 0 Å². The summed E-state index contributed by atoms with van der Waals surface area (Å²) in [5.74, 6) is 0.428. The molecule has 1 nitrogen and oxygen atoms in total. The Morgan fingerprint density at radius 2 is 1.50 bits per heavy atom. The molecule has 22 heavy (non-hydrogen) atoms. The Balaban J connectivity index is 2.51. The van der Waals surface area contributed by atoms with Crippen LogP contribution in [0.1, 0.15) is 72.4 Å². The van der Waals surface area contributed by atoms with Crippen molar-refractivity contribution in [3.63, 3.8) is 0 Å². The van der Waals surface area contributed by atoms with Gasteiger partial charge in [0.25, 0.3) is 0 Å². The zero-order valence-electron chi connectivity index (χ0n) is 15.5. The Bertz CT molecular complexity index is 624. The highest BCUT2D eigenvalue weighted by atomic mass is 15.0. The fourth-order valence-electron chi connectivity index (χ4n) is 3.91. The lowest BCUT2D eigenvalue weighted by molar-refractivity contribution is 0.285. The molecule has 1 aliphatic rings. The molecule has 120 valence electrons. The predicted molar refractivity (Wildman–Crippen MR) is 97.2 cm³/mol. The van der Waals surface area contributed by atoms with E-state index in [0.717, 1.165) is 0 Å². The van der Waals surface area contributed by atoms with E-state index in [2.05, 4.69) is 91.0 Å². The maximum atomic E-state index is 3.78. The lowest BCUT2D eigenvalue weighted by Crippen LogP contribution is -2.48. The number of benzene rings is 1. The molecule has 1 aliphatic carbocycles. The number of nitrogens with one attached hydrogen (secondary N) is 1. The second kappa shape index (κ2) is 5.70. The molecule has 0 spiro atoms. The highest BCUT2D eigenvalue weighted by molar-refractivity contribution is 5.52. The first-order valence-corrected chi connectivity index (χ1v) is 8.27. The average Bonchev–Trinajstić information content (AvgIpc) is 2.60. The topological polar surface area (TPSA) is 12.0 Å². The first-order valence-electron chi connectivity index (χ1n) is 8.27. The summed E-state index contributed by atoms with van der Waals surface area (Å²) in [4.78, 5) is 0. The smallest absolute Gasteiger partial charge is 0.0384 e. The fraction of sp³-hybridized carbons (Fsp3) is 0.524. The number of hydrogen-bond donors (Lipinski definition) is 1. The molecule has 1 aromatic carbocycles. The van der Waals surface area contributed by atoms with Gasteiger partial charge < -0.3 is 5.32 Å². The summed E-state index contributed by atoms with van der Waals surface area (Å²) in [6.45, 7) is 18.0. The Labute approximate surface area is 136 Å². The van der Waals surface area contributed by atoms with Gasteiger partial charge in [0.05, 0.1) is 0 Å². The standard InChI is InChI=1S/C21H31N/c1-14-13-15(2)19(16(14)3)17-11-9-10-12-18(17)21(7,8)22-20(4,5)6/h9-13,19,22H,1-8H3. The van der Waals surface area contributed by atoms with Crippen LogP contribution in [0, 0.1) is 0 Å². The molecule has 1 heteroatoms. The lowest BCUT2D eigenvalue weighted by Gasteiger charge is -2.37. The highest BCUT2D eigenvalue weighted by Gasteiger charge is 2.32. The quantitative estimate of drug-likeness (QED) is 0.755. The van der Waals surface area contributed by atoms with Crippen LogP contribution in [0.15, 0.2) is 47.1 Å². The largest absolute Gasteiger partial charge is 0.303 e. The van der Waals surface area contributed by atoms with E-state index in [1.807, 2.05) is 0 Å². The molecule has 0 radical (unpaired) electrons. The van der Waals surface area contributed by atoms with E-state index in [0.29, 0.717) is 5.92 Å². The van der Waals surface area contributed by atoms with E-state index < -0.39 is 0 Å². The van der Waals surface area contributed by atoms with Gasteiger partial charge in [0, 0.05) is 17.0 Å². The molecule has 0 saturated carbocycles. The van der Waals surface area contributed by atoms with E-state index in [4.69, 9.17) is 0 Å². The van der Waals surface area contributed by atoms with Crippen LogP contribution in [0.5, 0.6) is 0 Å². The second-order valence-corrected chi connectivity index (χ2v) is 8.27.